The Morgan fingerprint density at radius 2 is 2.24 bits per heavy atom. The highest BCUT2D eigenvalue weighted by molar-refractivity contribution is 8.00. The predicted molar refractivity (Wildman–Crippen MR) is 72.0 cm³/mol. The molecule has 1 aromatic rings. The number of hydrogen-bond donors (Lipinski definition) is 0. The molecule has 5 heteroatoms. The first kappa shape index (κ1) is 12.3. The molecule has 1 aromatic carbocycles. The Morgan fingerprint density at radius 1 is 1.41 bits per heavy atom. The van der Waals surface area contributed by atoms with E-state index < -0.39 is 0 Å². The molecule has 1 heterocycles. The molecule has 0 aromatic heterocycles. The monoisotopic (exact) mass is 248 g/mol. The fourth-order valence-corrected chi connectivity index (χ4v) is 3.19. The van der Waals surface area contributed by atoms with Crippen LogP contribution in [0.5, 0.6) is 0 Å². The van der Waals surface area contributed by atoms with E-state index in [1.807, 2.05) is 17.8 Å². The summed E-state index contributed by atoms with van der Waals surface area (Å²) >= 11 is 1.91. The minimum atomic E-state index is 0.448. The van der Waals surface area contributed by atoms with Crippen molar-refractivity contribution in [2.75, 3.05) is 25.4 Å². The van der Waals surface area contributed by atoms with Gasteiger partial charge in [0, 0.05) is 42.1 Å². The summed E-state index contributed by atoms with van der Waals surface area (Å²) in [5.41, 5.74) is 9.68. The van der Waals surface area contributed by atoms with E-state index in [0.717, 1.165) is 25.4 Å². The van der Waals surface area contributed by atoms with Gasteiger partial charge in [-0.1, -0.05) is 35.4 Å². The molecule has 0 aliphatic carbocycles. The van der Waals surface area contributed by atoms with Crippen molar-refractivity contribution in [1.29, 1.82) is 0 Å². The van der Waals surface area contributed by atoms with E-state index in [-0.39, 0.29) is 0 Å². The topological polar surface area (TPSA) is 52.0 Å². The maximum absolute atomic E-state index is 8.33. The van der Waals surface area contributed by atoms with E-state index in [2.05, 4.69) is 39.2 Å². The van der Waals surface area contributed by atoms with Gasteiger partial charge in [0.15, 0.2) is 0 Å². The summed E-state index contributed by atoms with van der Waals surface area (Å²) in [6, 6.07) is 10.5. The third-order valence-electron chi connectivity index (χ3n) is 2.82. The summed E-state index contributed by atoms with van der Waals surface area (Å²) < 4.78 is 0. The average molecular weight is 248 g/mol. The molecule has 1 fully saturated rings. The lowest BCUT2D eigenvalue weighted by Gasteiger charge is -2.31. The minimum Gasteiger partial charge on any atom is -0.297 e. The molecule has 1 aliphatic rings. The zero-order chi connectivity index (χ0) is 11.9. The van der Waals surface area contributed by atoms with Crippen LogP contribution in [0.3, 0.4) is 0 Å². The summed E-state index contributed by atoms with van der Waals surface area (Å²) in [5, 5.41) is 4.12. The van der Waals surface area contributed by atoms with E-state index in [9.17, 15) is 0 Å². The molecule has 1 unspecified atom stereocenters. The lowest BCUT2D eigenvalue weighted by Crippen LogP contribution is -2.38. The van der Waals surface area contributed by atoms with Crippen molar-refractivity contribution in [3.8, 4) is 0 Å². The Balaban J connectivity index is 1.87. The first-order valence-corrected chi connectivity index (χ1v) is 6.82. The lowest BCUT2D eigenvalue weighted by atomic mass is 10.2. The van der Waals surface area contributed by atoms with Crippen molar-refractivity contribution in [2.24, 2.45) is 5.11 Å². The largest absolute Gasteiger partial charge is 0.297 e. The fraction of sp³-hybridized carbons (Fsp3) is 0.500. The number of rotatable bonds is 4. The van der Waals surface area contributed by atoms with Crippen LogP contribution in [0.4, 0.5) is 0 Å². The molecule has 4 nitrogen and oxygen atoms in total. The molecule has 0 radical (unpaired) electrons. The van der Waals surface area contributed by atoms with Gasteiger partial charge in [-0.05, 0) is 11.1 Å². The Kier molecular flexibility index (Phi) is 4.74. The van der Waals surface area contributed by atoms with Crippen LogP contribution in [0.1, 0.15) is 5.56 Å². The summed E-state index contributed by atoms with van der Waals surface area (Å²) in [4.78, 5) is 5.27. The van der Waals surface area contributed by atoms with Crippen LogP contribution >= 0.6 is 11.8 Å². The van der Waals surface area contributed by atoms with E-state index in [1.54, 1.807) is 0 Å². The SMILES string of the molecule is [N-]=[N+]=NCC1CN(Cc2ccccc2)CCS1. The molecule has 17 heavy (non-hydrogen) atoms. The normalized spacial score (nSPS) is 20.8. The van der Waals surface area contributed by atoms with Gasteiger partial charge in [-0.15, -0.1) is 0 Å². The number of azide groups is 1. The number of thioether (sulfide) groups is 1. The van der Waals surface area contributed by atoms with Crippen molar-refractivity contribution < 1.29 is 0 Å². The number of hydrogen-bond acceptors (Lipinski definition) is 3. The maximum atomic E-state index is 8.33. The van der Waals surface area contributed by atoms with Crippen LogP contribution in [0, 0.1) is 0 Å². The third-order valence-corrected chi connectivity index (χ3v) is 4.01. The molecule has 1 saturated heterocycles. The lowest BCUT2D eigenvalue weighted by molar-refractivity contribution is 0.276. The first-order chi connectivity index (χ1) is 8.38. The van der Waals surface area contributed by atoms with Gasteiger partial charge in [-0.3, -0.25) is 4.90 Å². The predicted octanol–water partition coefficient (Wildman–Crippen LogP) is 2.91. The van der Waals surface area contributed by atoms with Gasteiger partial charge < -0.3 is 0 Å². The molecule has 1 aliphatic heterocycles. The second-order valence-corrected chi connectivity index (χ2v) is 5.54. The molecule has 0 bridgehead atoms. The highest BCUT2D eigenvalue weighted by atomic mass is 32.2. The average Bonchev–Trinajstić information content (AvgIpc) is 2.38. The van der Waals surface area contributed by atoms with Gasteiger partial charge >= 0.3 is 0 Å². The van der Waals surface area contributed by atoms with Gasteiger partial charge in [0.25, 0.3) is 0 Å². The summed E-state index contributed by atoms with van der Waals surface area (Å²) in [5.74, 6) is 1.12. The van der Waals surface area contributed by atoms with Gasteiger partial charge in [0.05, 0.1) is 0 Å². The van der Waals surface area contributed by atoms with Crippen LogP contribution in [0.15, 0.2) is 35.4 Å². The maximum Gasteiger partial charge on any atom is 0.0389 e. The van der Waals surface area contributed by atoms with Gasteiger partial charge in [-0.2, -0.15) is 11.8 Å². The van der Waals surface area contributed by atoms with Crippen LogP contribution in [0.25, 0.3) is 10.4 Å². The van der Waals surface area contributed by atoms with Crippen molar-refractivity contribution in [2.45, 2.75) is 11.8 Å². The van der Waals surface area contributed by atoms with Crippen molar-refractivity contribution in [1.82, 2.24) is 4.90 Å². The second kappa shape index (κ2) is 6.55. The molecule has 90 valence electrons. The van der Waals surface area contributed by atoms with E-state index in [0.29, 0.717) is 11.8 Å². The molecular weight excluding hydrogens is 232 g/mol. The first-order valence-electron chi connectivity index (χ1n) is 5.77. The molecule has 0 amide bonds. The smallest absolute Gasteiger partial charge is 0.0389 e. The Hall–Kier alpha value is -1.16. The molecule has 2 rings (SSSR count). The van der Waals surface area contributed by atoms with Gasteiger partial charge in [0.2, 0.25) is 0 Å². The van der Waals surface area contributed by atoms with Crippen LogP contribution in [0.2, 0.25) is 0 Å². The second-order valence-electron chi connectivity index (χ2n) is 4.13. The summed E-state index contributed by atoms with van der Waals surface area (Å²) in [7, 11) is 0. The van der Waals surface area contributed by atoms with Crippen molar-refractivity contribution >= 4 is 11.8 Å². The summed E-state index contributed by atoms with van der Waals surface area (Å²) in [6.07, 6.45) is 0. The van der Waals surface area contributed by atoms with E-state index in [4.69, 9.17) is 5.53 Å². The molecule has 1 atom stereocenters. The van der Waals surface area contributed by atoms with Gasteiger partial charge in [-0.25, -0.2) is 0 Å². The Labute approximate surface area is 106 Å². The van der Waals surface area contributed by atoms with Crippen LogP contribution < -0.4 is 0 Å². The number of benzene rings is 1. The molecule has 0 saturated carbocycles. The standard InChI is InChI=1S/C12H16N4S/c13-15-14-8-12-10-16(6-7-17-12)9-11-4-2-1-3-5-11/h1-5,12H,6-10H2. The van der Waals surface area contributed by atoms with Crippen LogP contribution in [-0.4, -0.2) is 35.5 Å². The van der Waals surface area contributed by atoms with Crippen LogP contribution in [-0.2, 0) is 6.54 Å². The quantitative estimate of drug-likeness (QED) is 0.467. The van der Waals surface area contributed by atoms with E-state index in [1.165, 1.54) is 5.56 Å². The van der Waals surface area contributed by atoms with E-state index >= 15 is 0 Å². The third kappa shape index (κ3) is 3.97. The molecule has 0 spiro atoms. The fourth-order valence-electron chi connectivity index (χ4n) is 2.00. The zero-order valence-electron chi connectivity index (χ0n) is 9.70. The highest BCUT2D eigenvalue weighted by Gasteiger charge is 2.19. The minimum absolute atomic E-state index is 0.448. The zero-order valence-corrected chi connectivity index (χ0v) is 10.5. The van der Waals surface area contributed by atoms with Crippen molar-refractivity contribution in [3.05, 3.63) is 46.3 Å². The summed E-state index contributed by atoms with van der Waals surface area (Å²) in [6.45, 7) is 3.73. The molecule has 0 N–H and O–H groups in total. The Morgan fingerprint density at radius 3 is 3.00 bits per heavy atom. The number of nitrogens with zero attached hydrogens (tertiary/aromatic N) is 4. The highest BCUT2D eigenvalue weighted by Crippen LogP contribution is 2.20. The Bertz CT molecular complexity index is 389. The molecular formula is C12H16N4S. The van der Waals surface area contributed by atoms with Crippen molar-refractivity contribution in [3.63, 3.8) is 0 Å². The van der Waals surface area contributed by atoms with Gasteiger partial charge in [0.1, 0.15) is 0 Å².